The summed E-state index contributed by atoms with van der Waals surface area (Å²) in [6, 6.07) is 1.78. The second-order valence-corrected chi connectivity index (χ2v) is 4.54. The normalized spacial score (nSPS) is 14.6. The highest BCUT2D eigenvalue weighted by Gasteiger charge is 2.31. The standard InChI is InChI=1S/C13H17N3O3/c1-4-19-13(18)10-7-16(8(2)3)12-9(11(10)17)5-6-14-15-12/h5-6,8,17H,4,7H2,1-3H3. The van der Waals surface area contributed by atoms with Gasteiger partial charge >= 0.3 is 5.97 Å². The molecule has 102 valence electrons. The number of aromatic nitrogens is 2. The van der Waals surface area contributed by atoms with Crippen LogP contribution >= 0.6 is 0 Å². The fraction of sp³-hybridized carbons (Fsp3) is 0.462. The summed E-state index contributed by atoms with van der Waals surface area (Å²) in [5.41, 5.74) is 0.772. The Morgan fingerprint density at radius 3 is 2.95 bits per heavy atom. The molecule has 0 aliphatic carbocycles. The number of carbonyl (C=O) groups is 1. The van der Waals surface area contributed by atoms with Crippen LogP contribution in [0.4, 0.5) is 5.82 Å². The van der Waals surface area contributed by atoms with E-state index in [0.717, 1.165) is 0 Å². The lowest BCUT2D eigenvalue weighted by molar-refractivity contribution is -0.138. The highest BCUT2D eigenvalue weighted by molar-refractivity contribution is 5.99. The Hall–Kier alpha value is -2.11. The lowest BCUT2D eigenvalue weighted by atomic mass is 10.0. The van der Waals surface area contributed by atoms with Crippen molar-refractivity contribution in [2.24, 2.45) is 0 Å². The Morgan fingerprint density at radius 1 is 1.58 bits per heavy atom. The lowest BCUT2D eigenvalue weighted by Crippen LogP contribution is -2.39. The van der Waals surface area contributed by atoms with Crippen LogP contribution in [0.2, 0.25) is 0 Å². The number of rotatable bonds is 3. The second kappa shape index (κ2) is 5.26. The summed E-state index contributed by atoms with van der Waals surface area (Å²) in [7, 11) is 0. The maximum Gasteiger partial charge on any atom is 0.339 e. The Labute approximate surface area is 111 Å². The van der Waals surface area contributed by atoms with Crippen molar-refractivity contribution in [2.45, 2.75) is 26.8 Å². The van der Waals surface area contributed by atoms with E-state index in [1.54, 1.807) is 13.0 Å². The number of ether oxygens (including phenoxy) is 1. The first kappa shape index (κ1) is 13.3. The van der Waals surface area contributed by atoms with E-state index in [9.17, 15) is 9.90 Å². The van der Waals surface area contributed by atoms with E-state index in [1.165, 1.54) is 6.20 Å². The summed E-state index contributed by atoms with van der Waals surface area (Å²) in [6.07, 6.45) is 1.49. The molecule has 1 N–H and O–H groups in total. The predicted octanol–water partition coefficient (Wildman–Crippen LogP) is 1.54. The number of hydrogen-bond acceptors (Lipinski definition) is 6. The van der Waals surface area contributed by atoms with Gasteiger partial charge in [-0.3, -0.25) is 0 Å². The van der Waals surface area contributed by atoms with Crippen LogP contribution in [0.15, 0.2) is 17.8 Å². The van der Waals surface area contributed by atoms with Crippen molar-refractivity contribution in [3.8, 4) is 0 Å². The van der Waals surface area contributed by atoms with Gasteiger partial charge in [-0.25, -0.2) is 4.79 Å². The molecule has 6 nitrogen and oxygen atoms in total. The highest BCUT2D eigenvalue weighted by Crippen LogP contribution is 2.32. The number of fused-ring (bicyclic) bond motifs is 1. The van der Waals surface area contributed by atoms with Gasteiger partial charge in [-0.1, -0.05) is 0 Å². The van der Waals surface area contributed by atoms with Crippen LogP contribution in [-0.2, 0) is 9.53 Å². The minimum absolute atomic E-state index is 0.0692. The largest absolute Gasteiger partial charge is 0.507 e. The lowest BCUT2D eigenvalue weighted by Gasteiger charge is -2.33. The molecular weight excluding hydrogens is 246 g/mol. The molecule has 19 heavy (non-hydrogen) atoms. The fourth-order valence-electron chi connectivity index (χ4n) is 2.01. The number of nitrogens with zero attached hydrogens (tertiary/aromatic N) is 3. The quantitative estimate of drug-likeness (QED) is 0.834. The van der Waals surface area contributed by atoms with Gasteiger partial charge in [-0.15, -0.1) is 5.10 Å². The molecule has 0 aromatic carbocycles. The molecule has 6 heteroatoms. The molecule has 0 atom stereocenters. The fourth-order valence-corrected chi connectivity index (χ4v) is 2.01. The summed E-state index contributed by atoms with van der Waals surface area (Å²) >= 11 is 0. The summed E-state index contributed by atoms with van der Waals surface area (Å²) in [5.74, 6) is 0.0245. The number of carbonyl (C=O) groups excluding carboxylic acids is 1. The zero-order chi connectivity index (χ0) is 14.0. The number of aliphatic hydroxyl groups is 1. The Morgan fingerprint density at radius 2 is 2.32 bits per heavy atom. The molecule has 0 unspecified atom stereocenters. The molecule has 0 spiro atoms. The van der Waals surface area contributed by atoms with Crippen LogP contribution in [-0.4, -0.2) is 40.5 Å². The van der Waals surface area contributed by atoms with Crippen LogP contribution in [0, 0.1) is 0 Å². The first-order chi connectivity index (χ1) is 9.06. The van der Waals surface area contributed by atoms with Gasteiger partial charge in [0.05, 0.1) is 30.5 Å². The van der Waals surface area contributed by atoms with Gasteiger partial charge < -0.3 is 14.7 Å². The van der Waals surface area contributed by atoms with Crippen molar-refractivity contribution in [1.82, 2.24) is 10.2 Å². The SMILES string of the molecule is CCOC(=O)C1=C(O)c2ccnnc2N(C(C)C)C1. The molecule has 1 aromatic heterocycles. The second-order valence-electron chi connectivity index (χ2n) is 4.54. The number of esters is 1. The van der Waals surface area contributed by atoms with Crippen LogP contribution in [0.3, 0.4) is 0 Å². The first-order valence-electron chi connectivity index (χ1n) is 6.24. The summed E-state index contributed by atoms with van der Waals surface area (Å²) in [4.78, 5) is 13.8. The average Bonchev–Trinajstić information content (AvgIpc) is 2.39. The van der Waals surface area contributed by atoms with Gasteiger partial charge in [0, 0.05) is 6.04 Å². The molecule has 0 radical (unpaired) electrons. The summed E-state index contributed by atoms with van der Waals surface area (Å²) in [6.45, 7) is 6.26. The molecule has 0 bridgehead atoms. The minimum Gasteiger partial charge on any atom is -0.507 e. The van der Waals surface area contributed by atoms with Crippen LogP contribution in [0.25, 0.3) is 5.76 Å². The number of anilines is 1. The van der Waals surface area contributed by atoms with Crippen molar-refractivity contribution < 1.29 is 14.6 Å². The highest BCUT2D eigenvalue weighted by atomic mass is 16.5. The Bertz CT molecular complexity index is 526. The third-order valence-corrected chi connectivity index (χ3v) is 2.99. The molecule has 0 amide bonds. The van der Waals surface area contributed by atoms with E-state index in [2.05, 4.69) is 10.2 Å². The van der Waals surface area contributed by atoms with Crippen molar-refractivity contribution in [1.29, 1.82) is 0 Å². The predicted molar refractivity (Wildman–Crippen MR) is 70.7 cm³/mol. The Kier molecular flexibility index (Phi) is 3.69. The molecule has 2 heterocycles. The van der Waals surface area contributed by atoms with Crippen LogP contribution in [0.5, 0.6) is 0 Å². The molecule has 0 saturated heterocycles. The van der Waals surface area contributed by atoms with E-state index < -0.39 is 5.97 Å². The van der Waals surface area contributed by atoms with Crippen molar-refractivity contribution >= 4 is 17.5 Å². The van der Waals surface area contributed by atoms with Gasteiger partial charge in [-0.05, 0) is 26.8 Å². The average molecular weight is 263 g/mol. The zero-order valence-electron chi connectivity index (χ0n) is 11.3. The topological polar surface area (TPSA) is 75.5 Å². The molecule has 0 saturated carbocycles. The van der Waals surface area contributed by atoms with E-state index in [0.29, 0.717) is 11.4 Å². The molecular formula is C13H17N3O3. The Balaban J connectivity index is 2.49. The molecule has 1 aromatic rings. The van der Waals surface area contributed by atoms with Gasteiger partial charge in [0.15, 0.2) is 5.82 Å². The smallest absolute Gasteiger partial charge is 0.339 e. The van der Waals surface area contributed by atoms with E-state index in [-0.39, 0.29) is 30.5 Å². The molecule has 2 rings (SSSR count). The number of aliphatic hydroxyl groups excluding tert-OH is 1. The monoisotopic (exact) mass is 263 g/mol. The summed E-state index contributed by atoms with van der Waals surface area (Å²) in [5, 5.41) is 18.1. The summed E-state index contributed by atoms with van der Waals surface area (Å²) < 4.78 is 4.98. The van der Waals surface area contributed by atoms with E-state index in [1.807, 2.05) is 18.7 Å². The van der Waals surface area contributed by atoms with Gasteiger partial charge in [0.1, 0.15) is 5.76 Å². The van der Waals surface area contributed by atoms with E-state index >= 15 is 0 Å². The van der Waals surface area contributed by atoms with Gasteiger partial charge in [0.2, 0.25) is 0 Å². The zero-order valence-corrected chi connectivity index (χ0v) is 11.3. The maximum absolute atomic E-state index is 11.9. The number of hydrogen-bond donors (Lipinski definition) is 1. The van der Waals surface area contributed by atoms with E-state index in [4.69, 9.17) is 4.74 Å². The third kappa shape index (κ3) is 2.38. The maximum atomic E-state index is 11.9. The van der Waals surface area contributed by atoms with Crippen molar-refractivity contribution in [3.05, 3.63) is 23.4 Å². The third-order valence-electron chi connectivity index (χ3n) is 2.99. The molecule has 0 fully saturated rings. The van der Waals surface area contributed by atoms with Crippen molar-refractivity contribution in [2.75, 3.05) is 18.1 Å². The van der Waals surface area contributed by atoms with Gasteiger partial charge in [0.25, 0.3) is 0 Å². The van der Waals surface area contributed by atoms with Crippen LogP contribution < -0.4 is 4.90 Å². The van der Waals surface area contributed by atoms with Gasteiger partial charge in [-0.2, -0.15) is 5.10 Å². The minimum atomic E-state index is -0.492. The van der Waals surface area contributed by atoms with Crippen LogP contribution in [0.1, 0.15) is 26.3 Å². The molecule has 1 aliphatic rings. The molecule has 1 aliphatic heterocycles. The van der Waals surface area contributed by atoms with Crippen molar-refractivity contribution in [3.63, 3.8) is 0 Å². The first-order valence-corrected chi connectivity index (χ1v) is 6.24.